The lowest BCUT2D eigenvalue weighted by Gasteiger charge is -2.36. The molecule has 18 heavy (non-hydrogen) atoms. The fourth-order valence-corrected chi connectivity index (χ4v) is 3.00. The topological polar surface area (TPSA) is 21.3 Å². The highest BCUT2D eigenvalue weighted by atomic mass is 19.4. The Balaban J connectivity index is 1.95. The molecule has 1 N–H and O–H groups in total. The zero-order valence-electron chi connectivity index (χ0n) is 10.8. The standard InChI is InChI=1S/C13H22F3NO/c1-18-8-12(9-6-7-9)17-11-5-3-2-4-10(11)13(14,15)16/h9-12,17H,2-8H2,1H3. The van der Waals surface area contributed by atoms with Crippen molar-refractivity contribution < 1.29 is 17.9 Å². The quantitative estimate of drug-likeness (QED) is 0.824. The van der Waals surface area contributed by atoms with Crippen molar-refractivity contribution in [3.63, 3.8) is 0 Å². The zero-order chi connectivity index (χ0) is 13.2. The minimum absolute atomic E-state index is 0.1000. The van der Waals surface area contributed by atoms with Crippen molar-refractivity contribution in [1.82, 2.24) is 5.32 Å². The second-order valence-corrected chi connectivity index (χ2v) is 5.60. The third-order valence-corrected chi connectivity index (χ3v) is 4.15. The second-order valence-electron chi connectivity index (χ2n) is 5.60. The fraction of sp³-hybridized carbons (Fsp3) is 1.00. The molecule has 2 rings (SSSR count). The maximum absolute atomic E-state index is 13.0. The Hall–Kier alpha value is -0.290. The van der Waals surface area contributed by atoms with Crippen LogP contribution in [0.3, 0.4) is 0 Å². The molecule has 3 atom stereocenters. The van der Waals surface area contributed by atoms with Gasteiger partial charge in [-0.3, -0.25) is 0 Å². The lowest BCUT2D eigenvalue weighted by Crippen LogP contribution is -2.51. The molecule has 106 valence electrons. The molecule has 0 aromatic rings. The highest BCUT2D eigenvalue weighted by Gasteiger charge is 2.46. The summed E-state index contributed by atoms with van der Waals surface area (Å²) < 4.78 is 44.0. The summed E-state index contributed by atoms with van der Waals surface area (Å²) in [6.45, 7) is 0.520. The molecule has 0 bridgehead atoms. The van der Waals surface area contributed by atoms with Crippen LogP contribution in [-0.4, -0.2) is 32.0 Å². The fourth-order valence-electron chi connectivity index (χ4n) is 3.00. The first-order valence-electron chi connectivity index (χ1n) is 6.84. The Morgan fingerprint density at radius 3 is 2.39 bits per heavy atom. The largest absolute Gasteiger partial charge is 0.393 e. The first-order chi connectivity index (χ1) is 8.52. The molecule has 2 fully saturated rings. The highest BCUT2D eigenvalue weighted by molar-refractivity contribution is 4.93. The molecule has 5 heteroatoms. The Morgan fingerprint density at radius 1 is 1.17 bits per heavy atom. The Labute approximate surface area is 106 Å². The summed E-state index contributed by atoms with van der Waals surface area (Å²) >= 11 is 0. The van der Waals surface area contributed by atoms with Crippen LogP contribution in [-0.2, 0) is 4.74 Å². The molecule has 0 spiro atoms. The number of alkyl halides is 3. The van der Waals surface area contributed by atoms with Crippen molar-refractivity contribution >= 4 is 0 Å². The number of hydrogen-bond acceptors (Lipinski definition) is 2. The van der Waals surface area contributed by atoms with E-state index < -0.39 is 18.1 Å². The minimum atomic E-state index is -4.07. The van der Waals surface area contributed by atoms with Gasteiger partial charge in [0.1, 0.15) is 0 Å². The summed E-state index contributed by atoms with van der Waals surface area (Å²) in [5.41, 5.74) is 0. The summed E-state index contributed by atoms with van der Waals surface area (Å²) in [7, 11) is 1.61. The van der Waals surface area contributed by atoms with E-state index in [1.807, 2.05) is 0 Å². The maximum atomic E-state index is 13.0. The molecule has 0 radical (unpaired) electrons. The smallest absolute Gasteiger partial charge is 0.383 e. The van der Waals surface area contributed by atoms with Crippen LogP contribution in [0.4, 0.5) is 13.2 Å². The number of nitrogens with one attached hydrogen (secondary N) is 1. The van der Waals surface area contributed by atoms with Crippen LogP contribution in [0.2, 0.25) is 0 Å². The van der Waals surface area contributed by atoms with Gasteiger partial charge in [0.15, 0.2) is 0 Å². The normalized spacial score (nSPS) is 31.3. The molecule has 0 amide bonds. The van der Waals surface area contributed by atoms with E-state index in [4.69, 9.17) is 4.74 Å². The first-order valence-corrected chi connectivity index (χ1v) is 6.84. The molecule has 0 aromatic carbocycles. The van der Waals surface area contributed by atoms with Crippen LogP contribution in [0.1, 0.15) is 38.5 Å². The van der Waals surface area contributed by atoms with Gasteiger partial charge < -0.3 is 10.1 Å². The summed E-state index contributed by atoms with van der Waals surface area (Å²) in [6.07, 6.45) is 0.659. The van der Waals surface area contributed by atoms with Crippen molar-refractivity contribution in [3.05, 3.63) is 0 Å². The third-order valence-electron chi connectivity index (χ3n) is 4.15. The lowest BCUT2D eigenvalue weighted by atomic mass is 9.83. The van der Waals surface area contributed by atoms with Crippen LogP contribution in [0.15, 0.2) is 0 Å². The summed E-state index contributed by atoms with van der Waals surface area (Å²) in [5.74, 6) is -0.662. The number of ether oxygens (including phenoxy) is 1. The summed E-state index contributed by atoms with van der Waals surface area (Å²) in [6, 6.07) is -0.317. The van der Waals surface area contributed by atoms with Crippen molar-refractivity contribution in [3.8, 4) is 0 Å². The van der Waals surface area contributed by atoms with Gasteiger partial charge in [-0.2, -0.15) is 13.2 Å². The van der Waals surface area contributed by atoms with E-state index in [0.29, 0.717) is 25.4 Å². The van der Waals surface area contributed by atoms with Gasteiger partial charge in [-0.05, 0) is 31.6 Å². The molecule has 0 saturated heterocycles. The molecule has 2 nitrogen and oxygen atoms in total. The molecule has 0 heterocycles. The van der Waals surface area contributed by atoms with E-state index in [2.05, 4.69) is 5.32 Å². The van der Waals surface area contributed by atoms with Crippen molar-refractivity contribution in [2.75, 3.05) is 13.7 Å². The molecule has 0 aliphatic heterocycles. The van der Waals surface area contributed by atoms with Crippen LogP contribution < -0.4 is 5.32 Å². The lowest BCUT2D eigenvalue weighted by molar-refractivity contribution is -0.189. The summed E-state index contributed by atoms with van der Waals surface area (Å²) in [5, 5.41) is 3.23. The van der Waals surface area contributed by atoms with E-state index in [1.165, 1.54) is 0 Å². The molecule has 2 saturated carbocycles. The highest BCUT2D eigenvalue weighted by Crippen LogP contribution is 2.39. The van der Waals surface area contributed by atoms with Crippen LogP contribution >= 0.6 is 0 Å². The Kier molecular flexibility index (Phi) is 4.54. The van der Waals surface area contributed by atoms with Gasteiger partial charge in [0.05, 0.1) is 12.5 Å². The van der Waals surface area contributed by atoms with Crippen LogP contribution in [0.25, 0.3) is 0 Å². The van der Waals surface area contributed by atoms with Gasteiger partial charge in [0.25, 0.3) is 0 Å². The number of hydrogen-bond donors (Lipinski definition) is 1. The van der Waals surface area contributed by atoms with Gasteiger partial charge >= 0.3 is 6.18 Å². The SMILES string of the molecule is COCC(NC1CCCCC1C(F)(F)F)C1CC1. The predicted molar refractivity (Wildman–Crippen MR) is 63.3 cm³/mol. The van der Waals surface area contributed by atoms with E-state index in [1.54, 1.807) is 7.11 Å². The number of rotatable bonds is 5. The van der Waals surface area contributed by atoms with Crippen LogP contribution in [0.5, 0.6) is 0 Å². The zero-order valence-corrected chi connectivity index (χ0v) is 10.8. The minimum Gasteiger partial charge on any atom is -0.383 e. The molecule has 2 aliphatic rings. The Morgan fingerprint density at radius 2 is 1.83 bits per heavy atom. The average molecular weight is 265 g/mol. The van der Waals surface area contributed by atoms with Gasteiger partial charge in [0, 0.05) is 19.2 Å². The monoisotopic (exact) mass is 265 g/mol. The first kappa shape index (κ1) is 14.1. The average Bonchev–Trinajstić information content (AvgIpc) is 3.11. The third kappa shape index (κ3) is 3.60. The number of methoxy groups -OCH3 is 1. The molecular weight excluding hydrogens is 243 g/mol. The van der Waals surface area contributed by atoms with Gasteiger partial charge in [-0.25, -0.2) is 0 Å². The van der Waals surface area contributed by atoms with Crippen molar-refractivity contribution in [2.45, 2.75) is 56.8 Å². The van der Waals surface area contributed by atoms with Crippen LogP contribution in [0, 0.1) is 11.8 Å². The van der Waals surface area contributed by atoms with Gasteiger partial charge in [-0.15, -0.1) is 0 Å². The van der Waals surface area contributed by atoms with E-state index in [9.17, 15) is 13.2 Å². The van der Waals surface area contributed by atoms with Crippen molar-refractivity contribution in [1.29, 1.82) is 0 Å². The molecule has 3 unspecified atom stereocenters. The van der Waals surface area contributed by atoms with E-state index in [0.717, 1.165) is 19.3 Å². The number of halogens is 3. The molecule has 0 aromatic heterocycles. The predicted octanol–water partition coefficient (Wildman–Crippen LogP) is 3.12. The van der Waals surface area contributed by atoms with Crippen molar-refractivity contribution in [2.24, 2.45) is 11.8 Å². The van der Waals surface area contributed by atoms with E-state index in [-0.39, 0.29) is 12.5 Å². The maximum Gasteiger partial charge on any atom is 0.393 e. The van der Waals surface area contributed by atoms with E-state index >= 15 is 0 Å². The Bertz CT molecular complexity index is 265. The molecule has 2 aliphatic carbocycles. The van der Waals surface area contributed by atoms with Gasteiger partial charge in [-0.1, -0.05) is 12.8 Å². The molecular formula is C13H22F3NO. The second kappa shape index (κ2) is 5.78. The van der Waals surface area contributed by atoms with Gasteiger partial charge in [0.2, 0.25) is 0 Å². The summed E-state index contributed by atoms with van der Waals surface area (Å²) in [4.78, 5) is 0.